The molecule has 1 saturated heterocycles. The molecule has 1 aliphatic heterocycles. The zero-order chi connectivity index (χ0) is 32.0. The number of carbonyl (C=O) groups excluding carboxylic acids is 4. The fraction of sp³-hybridized carbons (Fsp3) is 0.433. The fourth-order valence-corrected chi connectivity index (χ4v) is 4.66. The van der Waals surface area contributed by atoms with E-state index < -0.39 is 23.5 Å². The predicted octanol–water partition coefficient (Wildman–Crippen LogP) is 2.80. The van der Waals surface area contributed by atoms with Crippen LogP contribution in [0.2, 0.25) is 0 Å². The Morgan fingerprint density at radius 2 is 1.59 bits per heavy atom. The second-order valence-corrected chi connectivity index (χ2v) is 11.7. The highest BCUT2D eigenvalue weighted by molar-refractivity contribution is 6.06. The van der Waals surface area contributed by atoms with Gasteiger partial charge in [0.05, 0.1) is 11.8 Å². The van der Waals surface area contributed by atoms with Crippen LogP contribution < -0.4 is 21.3 Å². The van der Waals surface area contributed by atoms with Gasteiger partial charge in [-0.2, -0.15) is 0 Å². The van der Waals surface area contributed by atoms with Gasteiger partial charge in [-0.05, 0) is 63.9 Å². The molecule has 3 heterocycles. The molecule has 2 aromatic heterocycles. The summed E-state index contributed by atoms with van der Waals surface area (Å²) in [5.74, 6) is -0.797. The summed E-state index contributed by atoms with van der Waals surface area (Å²) < 4.78 is 8.36. The average molecular weight is 609 g/mol. The number of aliphatic hydroxyl groups excluding tert-OH is 1. The van der Waals surface area contributed by atoms with E-state index in [0.29, 0.717) is 35.7 Å². The number of aryl methyl sites for hydroxylation is 2. The molecule has 0 radical (unpaired) electrons. The van der Waals surface area contributed by atoms with Crippen LogP contribution in [-0.2, 0) is 18.8 Å². The zero-order valence-corrected chi connectivity index (χ0v) is 25.6. The van der Waals surface area contributed by atoms with Gasteiger partial charge in [0, 0.05) is 63.9 Å². The van der Waals surface area contributed by atoms with Crippen LogP contribution in [0.15, 0.2) is 42.7 Å². The number of nitrogens with zero attached hydrogens (tertiary/aromatic N) is 4. The van der Waals surface area contributed by atoms with Gasteiger partial charge in [0.2, 0.25) is 5.82 Å². The van der Waals surface area contributed by atoms with Crippen LogP contribution in [0.5, 0.6) is 0 Å². The Bertz CT molecular complexity index is 1500. The molecule has 0 unspecified atom stereocenters. The smallest absolute Gasteiger partial charge is 0.412 e. The second kappa shape index (κ2) is 13.7. The summed E-state index contributed by atoms with van der Waals surface area (Å²) in [6, 6.07) is 7.83. The molecule has 0 bridgehead atoms. The molecule has 236 valence electrons. The number of carbonyl (C=O) groups is 4. The van der Waals surface area contributed by atoms with Gasteiger partial charge in [0.25, 0.3) is 17.7 Å². The van der Waals surface area contributed by atoms with Crippen molar-refractivity contribution in [2.24, 2.45) is 14.1 Å². The first kappa shape index (κ1) is 32.2. The van der Waals surface area contributed by atoms with Gasteiger partial charge in [-0.15, -0.1) is 0 Å². The van der Waals surface area contributed by atoms with E-state index in [4.69, 9.17) is 4.74 Å². The van der Waals surface area contributed by atoms with Crippen molar-refractivity contribution >= 4 is 41.0 Å². The molecule has 14 heteroatoms. The first-order valence-electron chi connectivity index (χ1n) is 14.4. The van der Waals surface area contributed by atoms with Gasteiger partial charge < -0.3 is 39.8 Å². The van der Waals surface area contributed by atoms with Crippen LogP contribution in [0, 0.1) is 0 Å². The Labute approximate surface area is 255 Å². The minimum atomic E-state index is -0.654. The molecule has 4 amide bonds. The highest BCUT2D eigenvalue weighted by Gasteiger charge is 2.20. The minimum absolute atomic E-state index is 0.164. The maximum absolute atomic E-state index is 12.9. The molecule has 1 fully saturated rings. The third-order valence-electron chi connectivity index (χ3n) is 6.88. The van der Waals surface area contributed by atoms with Crippen LogP contribution in [0.3, 0.4) is 0 Å². The highest BCUT2D eigenvalue weighted by atomic mass is 16.6. The van der Waals surface area contributed by atoms with Gasteiger partial charge in [-0.3, -0.25) is 19.7 Å². The van der Waals surface area contributed by atoms with Crippen LogP contribution in [-0.4, -0.2) is 85.8 Å². The molecule has 4 rings (SSSR count). The number of hydrogen-bond acceptors (Lipinski definition) is 8. The summed E-state index contributed by atoms with van der Waals surface area (Å²) >= 11 is 0. The number of likely N-dealkylation sites (tertiary alicyclic amines) is 1. The van der Waals surface area contributed by atoms with E-state index in [1.807, 2.05) is 0 Å². The summed E-state index contributed by atoms with van der Waals surface area (Å²) in [5, 5.41) is 20.6. The number of aromatic nitrogens is 3. The molecular weight excluding hydrogens is 568 g/mol. The number of piperidine rings is 1. The van der Waals surface area contributed by atoms with Gasteiger partial charge in [-0.25, -0.2) is 9.78 Å². The van der Waals surface area contributed by atoms with E-state index in [0.717, 1.165) is 25.9 Å². The first-order valence-corrected chi connectivity index (χ1v) is 14.4. The number of imidazole rings is 1. The number of hydrogen-bond donors (Lipinski definition) is 5. The minimum Gasteiger partial charge on any atom is -0.444 e. The quantitative estimate of drug-likeness (QED) is 0.247. The lowest BCUT2D eigenvalue weighted by atomic mass is 10.1. The summed E-state index contributed by atoms with van der Waals surface area (Å²) in [4.78, 5) is 56.8. The lowest BCUT2D eigenvalue weighted by Gasteiger charge is -2.29. The fourth-order valence-electron chi connectivity index (χ4n) is 4.66. The largest absolute Gasteiger partial charge is 0.444 e. The summed E-state index contributed by atoms with van der Waals surface area (Å²) in [7, 11) is 3.35. The molecule has 44 heavy (non-hydrogen) atoms. The van der Waals surface area contributed by atoms with Crippen LogP contribution >= 0.6 is 0 Å². The molecule has 3 aromatic rings. The van der Waals surface area contributed by atoms with Crippen molar-refractivity contribution in [1.82, 2.24) is 24.3 Å². The number of aliphatic hydroxyl groups is 1. The van der Waals surface area contributed by atoms with Crippen molar-refractivity contribution in [3.8, 4) is 0 Å². The molecule has 0 atom stereocenters. The molecule has 14 nitrogen and oxygen atoms in total. The van der Waals surface area contributed by atoms with Crippen molar-refractivity contribution in [3.63, 3.8) is 0 Å². The summed E-state index contributed by atoms with van der Waals surface area (Å²) in [6.07, 6.45) is 3.75. The topological polar surface area (TPSA) is 172 Å². The predicted molar refractivity (Wildman–Crippen MR) is 165 cm³/mol. The Balaban J connectivity index is 1.28. The van der Waals surface area contributed by atoms with E-state index in [2.05, 4.69) is 31.2 Å². The Morgan fingerprint density at radius 1 is 0.909 bits per heavy atom. The number of anilines is 3. The van der Waals surface area contributed by atoms with Crippen molar-refractivity contribution in [3.05, 3.63) is 59.8 Å². The molecule has 1 aromatic carbocycles. The number of benzene rings is 1. The molecule has 0 spiro atoms. The average Bonchev–Trinajstić information content (AvgIpc) is 3.50. The van der Waals surface area contributed by atoms with Crippen molar-refractivity contribution in [2.75, 3.05) is 42.1 Å². The van der Waals surface area contributed by atoms with Crippen LogP contribution in [0.25, 0.3) is 0 Å². The van der Waals surface area contributed by atoms with Crippen molar-refractivity contribution in [1.29, 1.82) is 0 Å². The first-order chi connectivity index (χ1) is 20.8. The molecule has 5 N–H and O–H groups in total. The van der Waals surface area contributed by atoms with Gasteiger partial charge in [-0.1, -0.05) is 0 Å². The highest BCUT2D eigenvalue weighted by Crippen LogP contribution is 2.18. The SMILES string of the molecule is Cn1cc(NC(=O)OC(C)(C)C)cc1C(=O)Nc1ccc(C(=O)Nc2cn(C)c(C(=O)NCCN3CCC(O)CC3)n2)cc1. The standard InChI is InChI=1S/C30H40N8O6/c1-30(2,3)44-29(43)33-21-16-23(36(4)17-21)27(41)32-20-8-6-19(7-9-20)26(40)35-24-18-37(5)25(34-24)28(42)31-12-15-38-13-10-22(39)11-14-38/h6-9,16-18,22,39H,10-15H2,1-5H3,(H,31,42)(H,32,41)(H,33,43)(H,35,40). The van der Waals surface area contributed by atoms with Crippen molar-refractivity contribution in [2.45, 2.75) is 45.3 Å². The lowest BCUT2D eigenvalue weighted by molar-refractivity contribution is 0.0635. The van der Waals surface area contributed by atoms with Gasteiger partial charge in [0.15, 0.2) is 5.82 Å². The van der Waals surface area contributed by atoms with E-state index in [1.54, 1.807) is 80.7 Å². The molecular formula is C30H40N8O6. The lowest BCUT2D eigenvalue weighted by Crippen LogP contribution is -2.41. The third-order valence-corrected chi connectivity index (χ3v) is 6.88. The Hall–Kier alpha value is -4.69. The number of amides is 4. The normalized spacial score (nSPS) is 14.1. The number of rotatable bonds is 9. The monoisotopic (exact) mass is 608 g/mol. The molecule has 0 aliphatic carbocycles. The summed E-state index contributed by atoms with van der Waals surface area (Å²) in [6.45, 7) is 7.99. The van der Waals surface area contributed by atoms with Crippen molar-refractivity contribution < 1.29 is 29.0 Å². The summed E-state index contributed by atoms with van der Waals surface area (Å²) in [5.41, 5.74) is 0.854. The second-order valence-electron chi connectivity index (χ2n) is 11.7. The number of ether oxygens (including phenoxy) is 1. The van der Waals surface area contributed by atoms with E-state index in [9.17, 15) is 24.3 Å². The molecule has 1 aliphatic rings. The third kappa shape index (κ3) is 8.91. The van der Waals surface area contributed by atoms with Gasteiger partial charge in [0.1, 0.15) is 11.3 Å². The Morgan fingerprint density at radius 3 is 2.25 bits per heavy atom. The van der Waals surface area contributed by atoms with Gasteiger partial charge >= 0.3 is 6.09 Å². The van der Waals surface area contributed by atoms with E-state index in [1.165, 1.54) is 6.07 Å². The van der Waals surface area contributed by atoms with E-state index in [-0.39, 0.29) is 23.7 Å². The number of nitrogens with one attached hydrogen (secondary N) is 4. The Kier molecular flexibility index (Phi) is 10.1. The van der Waals surface area contributed by atoms with E-state index >= 15 is 0 Å². The van der Waals surface area contributed by atoms with Crippen LogP contribution in [0.4, 0.5) is 22.0 Å². The zero-order valence-electron chi connectivity index (χ0n) is 25.6. The molecule has 0 saturated carbocycles. The maximum Gasteiger partial charge on any atom is 0.412 e. The van der Waals surface area contributed by atoms with Crippen LogP contribution in [0.1, 0.15) is 65.1 Å². The maximum atomic E-state index is 12.9.